The molecule has 0 saturated heterocycles. The van der Waals surface area contributed by atoms with Crippen molar-refractivity contribution in [3.8, 4) is 22.8 Å². The van der Waals surface area contributed by atoms with Crippen LogP contribution in [0.25, 0.3) is 11.3 Å². The van der Waals surface area contributed by atoms with Crippen LogP contribution in [0.5, 0.6) is 11.5 Å². The van der Waals surface area contributed by atoms with Crippen LogP contribution in [0, 0.1) is 11.6 Å². The van der Waals surface area contributed by atoms with Gasteiger partial charge < -0.3 is 9.15 Å². The van der Waals surface area contributed by atoms with E-state index in [1.807, 2.05) is 0 Å². The SMILES string of the molecule is Fc1cc(C(F)(F)F)cc(F)c1Oc1cc(-c2ccco2)ccc1Br. The molecule has 0 unspecified atom stereocenters. The predicted octanol–water partition coefficient (Wildman–Crippen LogP) is 6.80. The third-order valence-electron chi connectivity index (χ3n) is 3.27. The molecule has 130 valence electrons. The minimum absolute atomic E-state index is 0.0199. The number of benzene rings is 2. The van der Waals surface area contributed by atoms with Gasteiger partial charge in [-0.2, -0.15) is 13.2 Å². The molecule has 0 atom stereocenters. The average Bonchev–Trinajstić information content (AvgIpc) is 3.05. The summed E-state index contributed by atoms with van der Waals surface area (Å²) in [4.78, 5) is 0. The Labute approximate surface area is 147 Å². The van der Waals surface area contributed by atoms with Crippen LogP contribution in [0.4, 0.5) is 22.0 Å². The van der Waals surface area contributed by atoms with Crippen LogP contribution < -0.4 is 4.74 Å². The lowest BCUT2D eigenvalue weighted by Gasteiger charge is -2.13. The van der Waals surface area contributed by atoms with E-state index in [0.717, 1.165) is 0 Å². The van der Waals surface area contributed by atoms with E-state index >= 15 is 0 Å². The van der Waals surface area contributed by atoms with E-state index in [2.05, 4.69) is 15.9 Å². The van der Waals surface area contributed by atoms with Gasteiger partial charge in [-0.3, -0.25) is 0 Å². The number of hydrogen-bond donors (Lipinski definition) is 0. The quantitative estimate of drug-likeness (QED) is 0.436. The number of rotatable bonds is 3. The van der Waals surface area contributed by atoms with Gasteiger partial charge in [0.15, 0.2) is 17.4 Å². The summed E-state index contributed by atoms with van der Waals surface area (Å²) in [5.41, 5.74) is -0.867. The third kappa shape index (κ3) is 3.68. The van der Waals surface area contributed by atoms with Gasteiger partial charge in [-0.15, -0.1) is 0 Å². The molecule has 0 aliphatic heterocycles. The van der Waals surface area contributed by atoms with Crippen molar-refractivity contribution in [2.24, 2.45) is 0 Å². The summed E-state index contributed by atoms with van der Waals surface area (Å²) < 4.78 is 76.4. The Balaban J connectivity index is 1.99. The number of ether oxygens (including phenoxy) is 1. The molecule has 2 aromatic carbocycles. The van der Waals surface area contributed by atoms with Gasteiger partial charge in [-0.05, 0) is 58.4 Å². The predicted molar refractivity (Wildman–Crippen MR) is 83.3 cm³/mol. The maximum atomic E-state index is 13.9. The van der Waals surface area contributed by atoms with Gasteiger partial charge in [0.1, 0.15) is 11.5 Å². The van der Waals surface area contributed by atoms with Gasteiger partial charge in [0.2, 0.25) is 0 Å². The van der Waals surface area contributed by atoms with Crippen LogP contribution in [0.2, 0.25) is 0 Å². The highest BCUT2D eigenvalue weighted by Crippen LogP contribution is 2.38. The number of halogens is 6. The molecule has 8 heteroatoms. The number of alkyl halides is 3. The summed E-state index contributed by atoms with van der Waals surface area (Å²) >= 11 is 3.17. The first kappa shape index (κ1) is 17.5. The van der Waals surface area contributed by atoms with E-state index in [1.165, 1.54) is 12.3 Å². The van der Waals surface area contributed by atoms with E-state index in [1.54, 1.807) is 24.3 Å². The van der Waals surface area contributed by atoms with Gasteiger partial charge in [0, 0.05) is 5.56 Å². The number of hydrogen-bond acceptors (Lipinski definition) is 2. The van der Waals surface area contributed by atoms with Crippen LogP contribution in [-0.4, -0.2) is 0 Å². The highest BCUT2D eigenvalue weighted by atomic mass is 79.9. The molecule has 0 aliphatic rings. The van der Waals surface area contributed by atoms with Crippen LogP contribution in [-0.2, 0) is 6.18 Å². The maximum absolute atomic E-state index is 13.9. The van der Waals surface area contributed by atoms with Crippen molar-refractivity contribution >= 4 is 15.9 Å². The monoisotopic (exact) mass is 418 g/mol. The molecule has 0 radical (unpaired) electrons. The Hall–Kier alpha value is -2.35. The van der Waals surface area contributed by atoms with Crippen molar-refractivity contribution < 1.29 is 31.1 Å². The second-order valence-electron chi connectivity index (χ2n) is 4.99. The Morgan fingerprint density at radius 2 is 1.64 bits per heavy atom. The zero-order valence-electron chi connectivity index (χ0n) is 12.2. The fourth-order valence-corrected chi connectivity index (χ4v) is 2.44. The Bertz CT molecular complexity index is 881. The van der Waals surface area contributed by atoms with E-state index in [9.17, 15) is 22.0 Å². The minimum Gasteiger partial charge on any atom is -0.464 e. The first-order valence-electron chi connectivity index (χ1n) is 6.83. The molecule has 1 aromatic heterocycles. The zero-order valence-corrected chi connectivity index (χ0v) is 13.8. The van der Waals surface area contributed by atoms with Gasteiger partial charge in [0.05, 0.1) is 16.3 Å². The van der Waals surface area contributed by atoms with Crippen molar-refractivity contribution in [1.29, 1.82) is 0 Å². The van der Waals surface area contributed by atoms with Crippen molar-refractivity contribution in [2.45, 2.75) is 6.18 Å². The van der Waals surface area contributed by atoms with Gasteiger partial charge in [-0.1, -0.05) is 0 Å². The lowest BCUT2D eigenvalue weighted by atomic mass is 10.1. The fraction of sp³-hybridized carbons (Fsp3) is 0.0588. The van der Waals surface area contributed by atoms with Crippen molar-refractivity contribution in [3.63, 3.8) is 0 Å². The van der Waals surface area contributed by atoms with Gasteiger partial charge in [0.25, 0.3) is 0 Å². The van der Waals surface area contributed by atoms with Crippen LogP contribution >= 0.6 is 15.9 Å². The first-order chi connectivity index (χ1) is 11.8. The van der Waals surface area contributed by atoms with Gasteiger partial charge in [-0.25, -0.2) is 8.78 Å². The zero-order chi connectivity index (χ0) is 18.2. The van der Waals surface area contributed by atoms with Crippen LogP contribution in [0.15, 0.2) is 57.6 Å². The molecule has 3 rings (SSSR count). The summed E-state index contributed by atoms with van der Waals surface area (Å²) in [6, 6.07) is 8.38. The lowest BCUT2D eigenvalue weighted by Crippen LogP contribution is -2.07. The summed E-state index contributed by atoms with van der Waals surface area (Å²) in [7, 11) is 0. The molecule has 25 heavy (non-hydrogen) atoms. The molecule has 0 amide bonds. The molecule has 0 fully saturated rings. The summed E-state index contributed by atoms with van der Waals surface area (Å²) in [5, 5.41) is 0. The normalized spacial score (nSPS) is 11.6. The van der Waals surface area contributed by atoms with Crippen molar-refractivity contribution in [1.82, 2.24) is 0 Å². The molecular formula is C17H8BrF5O2. The van der Waals surface area contributed by atoms with Crippen molar-refractivity contribution in [3.05, 3.63) is 70.4 Å². The second kappa shape index (κ2) is 6.51. The molecule has 0 bridgehead atoms. The van der Waals surface area contributed by atoms with E-state index in [-0.39, 0.29) is 17.9 Å². The molecule has 0 N–H and O–H groups in total. The minimum atomic E-state index is -4.86. The smallest absolute Gasteiger partial charge is 0.416 e. The Morgan fingerprint density at radius 1 is 0.960 bits per heavy atom. The molecule has 0 aliphatic carbocycles. The largest absolute Gasteiger partial charge is 0.464 e. The van der Waals surface area contributed by atoms with Crippen molar-refractivity contribution in [2.75, 3.05) is 0 Å². The molecule has 0 saturated carbocycles. The lowest BCUT2D eigenvalue weighted by molar-refractivity contribution is -0.138. The van der Waals surface area contributed by atoms with Gasteiger partial charge >= 0.3 is 6.18 Å². The molecular weight excluding hydrogens is 411 g/mol. The van der Waals surface area contributed by atoms with Crippen LogP contribution in [0.3, 0.4) is 0 Å². The highest BCUT2D eigenvalue weighted by molar-refractivity contribution is 9.10. The van der Waals surface area contributed by atoms with E-state index in [0.29, 0.717) is 15.8 Å². The summed E-state index contributed by atoms with van der Waals surface area (Å²) in [5.74, 6) is -3.33. The molecule has 0 spiro atoms. The Morgan fingerprint density at radius 3 is 2.20 bits per heavy atom. The topological polar surface area (TPSA) is 22.4 Å². The number of furan rings is 1. The van der Waals surface area contributed by atoms with Crippen LogP contribution in [0.1, 0.15) is 5.56 Å². The fourth-order valence-electron chi connectivity index (χ4n) is 2.11. The molecule has 2 nitrogen and oxygen atoms in total. The highest BCUT2D eigenvalue weighted by Gasteiger charge is 2.33. The summed E-state index contributed by atoms with van der Waals surface area (Å²) in [6.07, 6.45) is -3.41. The first-order valence-corrected chi connectivity index (χ1v) is 7.62. The summed E-state index contributed by atoms with van der Waals surface area (Å²) in [6.45, 7) is 0. The van der Waals surface area contributed by atoms with E-state index < -0.39 is 29.1 Å². The standard InChI is InChI=1S/C17H8BrF5O2/c18-11-4-3-9(14-2-1-5-24-14)6-15(11)25-16-12(19)7-10(8-13(16)20)17(21,22)23/h1-8H. The molecule has 3 aromatic rings. The maximum Gasteiger partial charge on any atom is 0.416 e. The Kier molecular flexibility index (Phi) is 4.55. The molecule has 1 heterocycles. The second-order valence-corrected chi connectivity index (χ2v) is 5.85. The van der Waals surface area contributed by atoms with E-state index in [4.69, 9.17) is 9.15 Å². The third-order valence-corrected chi connectivity index (χ3v) is 3.93. The average molecular weight is 419 g/mol.